The molecule has 0 fully saturated rings. The van der Waals surface area contributed by atoms with Gasteiger partial charge < -0.3 is 4.90 Å². The summed E-state index contributed by atoms with van der Waals surface area (Å²) in [5, 5.41) is 8.69. The minimum atomic E-state index is -1.11. The number of nitrogens with zero attached hydrogens (tertiary/aromatic N) is 4. The molecule has 0 aliphatic heterocycles. The SMILES string of the molecule is CN(Cc1ccc(F)c(F)c1)C(=O)c1nc(C#N)cnc1F. The van der Waals surface area contributed by atoms with Gasteiger partial charge in [0, 0.05) is 13.6 Å². The summed E-state index contributed by atoms with van der Waals surface area (Å²) in [5.74, 6) is -3.99. The smallest absolute Gasteiger partial charge is 0.277 e. The molecule has 0 unspecified atom stereocenters. The van der Waals surface area contributed by atoms with Gasteiger partial charge in [0.05, 0.1) is 6.20 Å². The third kappa shape index (κ3) is 3.20. The first-order chi connectivity index (χ1) is 10.4. The maximum atomic E-state index is 13.5. The highest BCUT2D eigenvalue weighted by atomic mass is 19.2. The van der Waals surface area contributed by atoms with Crippen molar-refractivity contribution >= 4 is 5.91 Å². The molecule has 0 aliphatic rings. The van der Waals surface area contributed by atoms with Crippen molar-refractivity contribution in [3.05, 3.63) is 58.9 Å². The number of hydrogen-bond acceptors (Lipinski definition) is 4. The van der Waals surface area contributed by atoms with Crippen molar-refractivity contribution in [2.75, 3.05) is 7.05 Å². The van der Waals surface area contributed by atoms with Crippen LogP contribution in [0.5, 0.6) is 0 Å². The average Bonchev–Trinajstić information content (AvgIpc) is 2.50. The zero-order valence-electron chi connectivity index (χ0n) is 11.3. The summed E-state index contributed by atoms with van der Waals surface area (Å²) in [6, 6.07) is 4.82. The second kappa shape index (κ2) is 6.22. The Morgan fingerprint density at radius 2 is 2.05 bits per heavy atom. The molecule has 22 heavy (non-hydrogen) atoms. The van der Waals surface area contributed by atoms with Crippen LogP contribution in [-0.2, 0) is 6.54 Å². The van der Waals surface area contributed by atoms with Crippen LogP contribution in [0.4, 0.5) is 13.2 Å². The topological polar surface area (TPSA) is 69.9 Å². The molecule has 2 rings (SSSR count). The second-order valence-corrected chi connectivity index (χ2v) is 4.42. The molecule has 0 aliphatic carbocycles. The van der Waals surface area contributed by atoms with Gasteiger partial charge in [-0.05, 0) is 17.7 Å². The molecule has 1 aromatic heterocycles. The van der Waals surface area contributed by atoms with Gasteiger partial charge in [0.2, 0.25) is 5.95 Å². The number of amides is 1. The van der Waals surface area contributed by atoms with Crippen LogP contribution in [0.3, 0.4) is 0 Å². The quantitative estimate of drug-likeness (QED) is 0.870. The lowest BCUT2D eigenvalue weighted by Gasteiger charge is -2.17. The largest absolute Gasteiger partial charge is 0.336 e. The Bertz CT molecular complexity index is 773. The Hall–Kier alpha value is -2.95. The van der Waals surface area contributed by atoms with Gasteiger partial charge in [-0.2, -0.15) is 9.65 Å². The maximum Gasteiger partial charge on any atom is 0.277 e. The fourth-order valence-electron chi connectivity index (χ4n) is 1.73. The second-order valence-electron chi connectivity index (χ2n) is 4.42. The van der Waals surface area contributed by atoms with Gasteiger partial charge in [-0.15, -0.1) is 0 Å². The van der Waals surface area contributed by atoms with Crippen molar-refractivity contribution in [1.29, 1.82) is 5.26 Å². The molecule has 0 spiro atoms. The molecule has 8 heteroatoms. The summed E-state index contributed by atoms with van der Waals surface area (Å²) in [5.41, 5.74) is -0.491. The van der Waals surface area contributed by atoms with Gasteiger partial charge in [0.25, 0.3) is 5.91 Å². The highest BCUT2D eigenvalue weighted by molar-refractivity contribution is 5.92. The van der Waals surface area contributed by atoms with Crippen molar-refractivity contribution < 1.29 is 18.0 Å². The fourth-order valence-corrected chi connectivity index (χ4v) is 1.73. The summed E-state index contributed by atoms with van der Waals surface area (Å²) in [4.78, 5) is 20.0. The van der Waals surface area contributed by atoms with E-state index < -0.39 is 29.2 Å². The highest BCUT2D eigenvalue weighted by Crippen LogP contribution is 2.12. The highest BCUT2D eigenvalue weighted by Gasteiger charge is 2.20. The molecule has 5 nitrogen and oxygen atoms in total. The Morgan fingerprint density at radius 3 is 2.68 bits per heavy atom. The number of carbonyl (C=O) groups is 1. The van der Waals surface area contributed by atoms with Crippen LogP contribution in [0, 0.1) is 28.9 Å². The van der Waals surface area contributed by atoms with Gasteiger partial charge in [-0.3, -0.25) is 4.79 Å². The van der Waals surface area contributed by atoms with E-state index in [1.807, 2.05) is 0 Å². The first kappa shape index (κ1) is 15.4. The van der Waals surface area contributed by atoms with E-state index in [0.717, 1.165) is 23.2 Å². The van der Waals surface area contributed by atoms with Crippen LogP contribution in [0.15, 0.2) is 24.4 Å². The van der Waals surface area contributed by atoms with Crippen LogP contribution in [0.25, 0.3) is 0 Å². The van der Waals surface area contributed by atoms with E-state index in [1.54, 1.807) is 6.07 Å². The summed E-state index contributed by atoms with van der Waals surface area (Å²) in [6.45, 7) is -0.0894. The van der Waals surface area contributed by atoms with Gasteiger partial charge in [0.1, 0.15) is 6.07 Å². The van der Waals surface area contributed by atoms with E-state index in [-0.39, 0.29) is 12.2 Å². The Balaban J connectivity index is 2.22. The lowest BCUT2D eigenvalue weighted by molar-refractivity contribution is 0.0772. The third-order valence-electron chi connectivity index (χ3n) is 2.80. The lowest BCUT2D eigenvalue weighted by atomic mass is 10.2. The Labute approximate surface area is 123 Å². The molecule has 0 atom stereocenters. The molecule has 0 radical (unpaired) electrons. The van der Waals surface area contributed by atoms with Crippen LogP contribution in [0.1, 0.15) is 21.7 Å². The normalized spacial score (nSPS) is 10.1. The molecule has 0 saturated heterocycles. The van der Waals surface area contributed by atoms with Crippen LogP contribution >= 0.6 is 0 Å². The Kier molecular flexibility index (Phi) is 4.36. The van der Waals surface area contributed by atoms with Crippen molar-refractivity contribution in [3.8, 4) is 6.07 Å². The minimum absolute atomic E-state index is 0.0894. The fraction of sp³-hybridized carbons (Fsp3) is 0.143. The number of rotatable bonds is 3. The zero-order chi connectivity index (χ0) is 16.3. The molecule has 1 heterocycles. The number of aromatic nitrogens is 2. The zero-order valence-corrected chi connectivity index (χ0v) is 11.3. The van der Waals surface area contributed by atoms with E-state index >= 15 is 0 Å². The van der Waals surface area contributed by atoms with E-state index in [1.165, 1.54) is 13.1 Å². The van der Waals surface area contributed by atoms with E-state index in [9.17, 15) is 18.0 Å². The van der Waals surface area contributed by atoms with Crippen molar-refractivity contribution in [2.24, 2.45) is 0 Å². The minimum Gasteiger partial charge on any atom is -0.336 e. The van der Waals surface area contributed by atoms with Crippen LogP contribution in [0.2, 0.25) is 0 Å². The average molecular weight is 306 g/mol. The number of carbonyl (C=O) groups excluding carboxylic acids is 1. The standard InChI is InChI=1S/C14H9F3N4O/c1-21(7-8-2-3-10(15)11(16)4-8)14(22)12-13(17)19-6-9(5-18)20-12/h2-4,6H,7H2,1H3. The number of halogens is 3. The monoisotopic (exact) mass is 306 g/mol. The first-order valence-corrected chi connectivity index (χ1v) is 6.04. The van der Waals surface area contributed by atoms with Crippen molar-refractivity contribution in [3.63, 3.8) is 0 Å². The van der Waals surface area contributed by atoms with E-state index in [4.69, 9.17) is 5.26 Å². The summed E-state index contributed by atoms with van der Waals surface area (Å²) < 4.78 is 39.5. The van der Waals surface area contributed by atoms with Crippen molar-refractivity contribution in [1.82, 2.24) is 14.9 Å². The third-order valence-corrected chi connectivity index (χ3v) is 2.80. The summed E-state index contributed by atoms with van der Waals surface area (Å²) in [7, 11) is 1.34. The Morgan fingerprint density at radius 1 is 1.32 bits per heavy atom. The van der Waals surface area contributed by atoms with E-state index in [0.29, 0.717) is 5.56 Å². The molecule has 0 bridgehead atoms. The summed E-state index contributed by atoms with van der Waals surface area (Å²) in [6.07, 6.45) is 0.904. The molecule has 1 amide bonds. The first-order valence-electron chi connectivity index (χ1n) is 6.04. The number of hydrogen-bond donors (Lipinski definition) is 0. The molecular formula is C14H9F3N4O. The molecule has 2 aromatic rings. The molecule has 112 valence electrons. The van der Waals surface area contributed by atoms with Crippen LogP contribution < -0.4 is 0 Å². The van der Waals surface area contributed by atoms with Gasteiger partial charge in [0.15, 0.2) is 23.0 Å². The maximum absolute atomic E-state index is 13.5. The number of nitriles is 1. The molecular weight excluding hydrogens is 297 g/mol. The van der Waals surface area contributed by atoms with Gasteiger partial charge in [-0.1, -0.05) is 6.07 Å². The summed E-state index contributed by atoms with van der Waals surface area (Å²) >= 11 is 0. The molecule has 1 aromatic carbocycles. The molecule has 0 saturated carbocycles. The predicted octanol–water partition coefficient (Wildman–Crippen LogP) is 2.04. The van der Waals surface area contributed by atoms with Gasteiger partial charge >= 0.3 is 0 Å². The molecule has 0 N–H and O–H groups in total. The predicted molar refractivity (Wildman–Crippen MR) is 68.9 cm³/mol. The number of benzene rings is 1. The lowest BCUT2D eigenvalue weighted by Crippen LogP contribution is -2.28. The van der Waals surface area contributed by atoms with Gasteiger partial charge in [-0.25, -0.2) is 18.7 Å². The van der Waals surface area contributed by atoms with E-state index in [2.05, 4.69) is 9.97 Å². The van der Waals surface area contributed by atoms with Crippen molar-refractivity contribution in [2.45, 2.75) is 6.54 Å². The van der Waals surface area contributed by atoms with Crippen LogP contribution in [-0.4, -0.2) is 27.8 Å².